The molecular weight excluding hydrogens is 176 g/mol. The Morgan fingerprint density at radius 1 is 1.36 bits per heavy atom. The summed E-state index contributed by atoms with van der Waals surface area (Å²) in [6, 6.07) is 7.89. The Morgan fingerprint density at radius 3 is 2.79 bits per heavy atom. The molecule has 0 atom stereocenters. The van der Waals surface area contributed by atoms with Gasteiger partial charge in [0.15, 0.2) is 0 Å². The van der Waals surface area contributed by atoms with E-state index in [1.54, 1.807) is 13.3 Å². The second kappa shape index (κ2) is 3.54. The van der Waals surface area contributed by atoms with Crippen LogP contribution in [0.15, 0.2) is 36.7 Å². The maximum absolute atomic E-state index is 5.19. The third-order valence-corrected chi connectivity index (χ3v) is 2.15. The van der Waals surface area contributed by atoms with Crippen LogP contribution >= 0.6 is 0 Å². The number of rotatable bonds is 2. The normalized spacial score (nSPS) is 10.1. The number of aryl methyl sites for hydroxylation is 1. The largest absolute Gasteiger partial charge is 0.496 e. The fraction of sp³-hybridized carbons (Fsp3) is 0.182. The summed E-state index contributed by atoms with van der Waals surface area (Å²) in [5.74, 6) is 0.904. The second-order valence-corrected chi connectivity index (χ2v) is 3.10. The molecule has 1 aromatic carbocycles. The van der Waals surface area contributed by atoms with Gasteiger partial charge in [0.1, 0.15) is 5.75 Å². The van der Waals surface area contributed by atoms with Crippen molar-refractivity contribution in [1.29, 1.82) is 0 Å². The Labute approximate surface area is 82.9 Å². The van der Waals surface area contributed by atoms with Crippen LogP contribution in [0.25, 0.3) is 5.69 Å². The first-order valence-electron chi connectivity index (χ1n) is 4.46. The van der Waals surface area contributed by atoms with Gasteiger partial charge in [0.25, 0.3) is 0 Å². The van der Waals surface area contributed by atoms with Gasteiger partial charge in [-0.3, -0.25) is 0 Å². The van der Waals surface area contributed by atoms with Crippen molar-refractivity contribution < 1.29 is 4.74 Å². The van der Waals surface area contributed by atoms with E-state index < -0.39 is 0 Å². The van der Waals surface area contributed by atoms with Crippen LogP contribution in [0.1, 0.15) is 5.56 Å². The number of hydrogen-bond acceptors (Lipinski definition) is 2. The highest BCUT2D eigenvalue weighted by Gasteiger charge is 2.00. The quantitative estimate of drug-likeness (QED) is 0.722. The van der Waals surface area contributed by atoms with Gasteiger partial charge in [-0.2, -0.15) is 5.10 Å². The van der Waals surface area contributed by atoms with Gasteiger partial charge in [-0.25, -0.2) is 4.68 Å². The minimum absolute atomic E-state index is 0.904. The molecule has 0 saturated carbocycles. The predicted molar refractivity (Wildman–Crippen MR) is 54.9 cm³/mol. The van der Waals surface area contributed by atoms with Gasteiger partial charge in [-0.05, 0) is 36.8 Å². The average molecular weight is 188 g/mol. The zero-order chi connectivity index (χ0) is 9.97. The zero-order valence-corrected chi connectivity index (χ0v) is 8.27. The third-order valence-electron chi connectivity index (χ3n) is 2.15. The molecule has 0 fully saturated rings. The summed E-state index contributed by atoms with van der Waals surface area (Å²) in [7, 11) is 1.68. The topological polar surface area (TPSA) is 27.1 Å². The lowest BCUT2D eigenvalue weighted by Gasteiger charge is -2.06. The predicted octanol–water partition coefficient (Wildman–Crippen LogP) is 2.19. The molecule has 0 aliphatic carbocycles. The van der Waals surface area contributed by atoms with Gasteiger partial charge in [-0.15, -0.1) is 0 Å². The lowest BCUT2D eigenvalue weighted by Crippen LogP contribution is -1.95. The van der Waals surface area contributed by atoms with E-state index in [9.17, 15) is 0 Å². The SMILES string of the molecule is COc1ccc(-n2cccn2)cc1C. The molecule has 0 unspecified atom stereocenters. The molecule has 1 aromatic heterocycles. The van der Waals surface area contributed by atoms with E-state index in [0.717, 1.165) is 17.0 Å². The van der Waals surface area contributed by atoms with Gasteiger partial charge in [0.2, 0.25) is 0 Å². The van der Waals surface area contributed by atoms with E-state index in [2.05, 4.69) is 5.10 Å². The zero-order valence-electron chi connectivity index (χ0n) is 8.27. The van der Waals surface area contributed by atoms with E-state index in [4.69, 9.17) is 4.74 Å². The summed E-state index contributed by atoms with van der Waals surface area (Å²) < 4.78 is 7.01. The number of hydrogen-bond donors (Lipinski definition) is 0. The molecule has 3 nitrogen and oxygen atoms in total. The minimum atomic E-state index is 0.904. The van der Waals surface area contributed by atoms with E-state index in [0.29, 0.717) is 0 Å². The molecule has 0 saturated heterocycles. The summed E-state index contributed by atoms with van der Waals surface area (Å²) in [6.45, 7) is 2.02. The first kappa shape index (κ1) is 8.81. The fourth-order valence-electron chi connectivity index (χ4n) is 1.43. The van der Waals surface area contributed by atoms with E-state index in [1.807, 2.05) is 42.1 Å². The van der Waals surface area contributed by atoms with Crippen LogP contribution in [0, 0.1) is 6.92 Å². The van der Waals surface area contributed by atoms with Crippen LogP contribution in [-0.4, -0.2) is 16.9 Å². The highest BCUT2D eigenvalue weighted by atomic mass is 16.5. The average Bonchev–Trinajstić information content (AvgIpc) is 2.70. The Hall–Kier alpha value is -1.77. The fourth-order valence-corrected chi connectivity index (χ4v) is 1.43. The van der Waals surface area contributed by atoms with Crippen LogP contribution < -0.4 is 4.74 Å². The first-order chi connectivity index (χ1) is 6.81. The van der Waals surface area contributed by atoms with E-state index in [1.165, 1.54) is 0 Å². The van der Waals surface area contributed by atoms with Crippen molar-refractivity contribution in [2.45, 2.75) is 6.92 Å². The number of benzene rings is 1. The summed E-state index contributed by atoms with van der Waals surface area (Å²) >= 11 is 0. The monoisotopic (exact) mass is 188 g/mol. The standard InChI is InChI=1S/C11H12N2O/c1-9-8-10(4-5-11(9)14-2)13-7-3-6-12-13/h3-8H,1-2H3. The molecule has 0 aliphatic rings. The summed E-state index contributed by atoms with van der Waals surface area (Å²) in [4.78, 5) is 0. The lowest BCUT2D eigenvalue weighted by atomic mass is 10.2. The number of ether oxygens (including phenoxy) is 1. The molecule has 14 heavy (non-hydrogen) atoms. The van der Waals surface area contributed by atoms with Crippen LogP contribution in [0.3, 0.4) is 0 Å². The molecule has 72 valence electrons. The molecule has 0 N–H and O–H groups in total. The van der Waals surface area contributed by atoms with Gasteiger partial charge < -0.3 is 4.74 Å². The van der Waals surface area contributed by atoms with Gasteiger partial charge in [-0.1, -0.05) is 0 Å². The van der Waals surface area contributed by atoms with E-state index in [-0.39, 0.29) is 0 Å². The Kier molecular flexibility index (Phi) is 2.23. The van der Waals surface area contributed by atoms with Crippen LogP contribution in [0.4, 0.5) is 0 Å². The first-order valence-corrected chi connectivity index (χ1v) is 4.46. The number of nitrogens with zero attached hydrogens (tertiary/aromatic N) is 2. The molecule has 1 heterocycles. The number of aromatic nitrogens is 2. The van der Waals surface area contributed by atoms with Crippen molar-refractivity contribution in [3.8, 4) is 11.4 Å². The second-order valence-electron chi connectivity index (χ2n) is 3.10. The third kappa shape index (κ3) is 1.48. The molecule has 2 aromatic rings. The molecule has 0 bridgehead atoms. The molecule has 3 heteroatoms. The highest BCUT2D eigenvalue weighted by molar-refractivity contribution is 5.42. The number of methoxy groups -OCH3 is 1. The van der Waals surface area contributed by atoms with Gasteiger partial charge in [0, 0.05) is 12.4 Å². The maximum atomic E-state index is 5.19. The van der Waals surface area contributed by atoms with Gasteiger partial charge >= 0.3 is 0 Å². The summed E-state index contributed by atoms with van der Waals surface area (Å²) in [5, 5.41) is 4.16. The summed E-state index contributed by atoms with van der Waals surface area (Å²) in [6.07, 6.45) is 3.68. The van der Waals surface area contributed by atoms with E-state index >= 15 is 0 Å². The highest BCUT2D eigenvalue weighted by Crippen LogP contribution is 2.20. The van der Waals surface area contributed by atoms with Crippen molar-refractivity contribution in [3.05, 3.63) is 42.2 Å². The Morgan fingerprint density at radius 2 is 2.21 bits per heavy atom. The molecule has 0 spiro atoms. The van der Waals surface area contributed by atoms with Crippen molar-refractivity contribution in [2.24, 2.45) is 0 Å². The lowest BCUT2D eigenvalue weighted by molar-refractivity contribution is 0.411. The Bertz CT molecular complexity index is 421. The van der Waals surface area contributed by atoms with Crippen molar-refractivity contribution >= 4 is 0 Å². The molecule has 2 rings (SSSR count). The molecule has 0 radical (unpaired) electrons. The minimum Gasteiger partial charge on any atom is -0.496 e. The molecular formula is C11H12N2O. The van der Waals surface area contributed by atoms with Gasteiger partial charge in [0.05, 0.1) is 12.8 Å². The Balaban J connectivity index is 2.43. The van der Waals surface area contributed by atoms with Crippen LogP contribution in [0.2, 0.25) is 0 Å². The van der Waals surface area contributed by atoms with Crippen LogP contribution in [-0.2, 0) is 0 Å². The molecule has 0 aliphatic heterocycles. The smallest absolute Gasteiger partial charge is 0.121 e. The van der Waals surface area contributed by atoms with Crippen molar-refractivity contribution in [1.82, 2.24) is 9.78 Å². The summed E-state index contributed by atoms with van der Waals surface area (Å²) in [5.41, 5.74) is 2.16. The van der Waals surface area contributed by atoms with Crippen LogP contribution in [0.5, 0.6) is 5.75 Å². The maximum Gasteiger partial charge on any atom is 0.121 e. The van der Waals surface area contributed by atoms with Crippen molar-refractivity contribution in [3.63, 3.8) is 0 Å². The molecule has 0 amide bonds. The van der Waals surface area contributed by atoms with Crippen molar-refractivity contribution in [2.75, 3.05) is 7.11 Å².